The highest BCUT2D eigenvalue weighted by atomic mass is 16.7. The highest BCUT2D eigenvalue weighted by Crippen LogP contribution is 2.17. The molecule has 0 spiro atoms. The van der Waals surface area contributed by atoms with Gasteiger partial charge in [-0.2, -0.15) is 0 Å². The Kier molecular flexibility index (Phi) is 67.7. The minimum Gasteiger partial charge on any atom is -0.545 e. The van der Waals surface area contributed by atoms with E-state index >= 15 is 0 Å². The molecule has 0 N–H and O–H groups in total. The van der Waals surface area contributed by atoms with E-state index in [9.17, 15) is 19.5 Å². The van der Waals surface area contributed by atoms with E-state index in [2.05, 4.69) is 148 Å². The third kappa shape index (κ3) is 72.7. The fraction of sp³-hybridized carbons (Fsp3) is 0.695. The maximum atomic E-state index is 13.0. The van der Waals surface area contributed by atoms with Crippen LogP contribution in [0.2, 0.25) is 0 Å². The zero-order valence-electron chi connectivity index (χ0n) is 59.4. The number of carboxylic acid groups (broad SMARTS) is 1. The zero-order valence-corrected chi connectivity index (χ0v) is 59.4. The first-order valence-electron chi connectivity index (χ1n) is 37.3. The normalized spacial score (nSPS) is 13.5. The molecule has 0 bridgehead atoms. The Balaban J connectivity index is 4.15. The van der Waals surface area contributed by atoms with Crippen molar-refractivity contribution >= 4 is 17.9 Å². The predicted octanol–water partition coefficient (Wildman–Crippen LogP) is 22.4. The van der Waals surface area contributed by atoms with Crippen molar-refractivity contribution < 1.29 is 42.9 Å². The maximum absolute atomic E-state index is 13.0. The molecule has 520 valence electrons. The minimum absolute atomic E-state index is 0.141. The molecule has 0 aliphatic carbocycles. The third-order valence-electron chi connectivity index (χ3n) is 15.9. The van der Waals surface area contributed by atoms with Crippen molar-refractivity contribution in [2.24, 2.45) is 0 Å². The topological polar surface area (TPSA) is 111 Å². The second-order valence-electron chi connectivity index (χ2n) is 25.9. The van der Waals surface area contributed by atoms with E-state index in [1.54, 1.807) is 0 Å². The lowest BCUT2D eigenvalue weighted by molar-refractivity contribution is -0.870. The largest absolute Gasteiger partial charge is 0.545 e. The Labute approximate surface area is 560 Å². The van der Waals surface area contributed by atoms with Gasteiger partial charge in [0, 0.05) is 12.8 Å². The Bertz CT molecular complexity index is 1960. The minimum atomic E-state index is -1.63. The quantitative estimate of drug-likeness (QED) is 0.0195. The maximum Gasteiger partial charge on any atom is 0.306 e. The van der Waals surface area contributed by atoms with Gasteiger partial charge >= 0.3 is 11.9 Å². The molecule has 0 aliphatic rings. The van der Waals surface area contributed by atoms with Gasteiger partial charge in [0.1, 0.15) is 13.2 Å². The van der Waals surface area contributed by atoms with E-state index in [4.69, 9.17) is 18.9 Å². The number of rotatable bonds is 68. The number of hydrogen-bond donors (Lipinski definition) is 0. The molecule has 0 aromatic rings. The third-order valence-corrected chi connectivity index (χ3v) is 15.9. The van der Waals surface area contributed by atoms with E-state index in [-0.39, 0.29) is 38.6 Å². The highest BCUT2D eigenvalue weighted by Gasteiger charge is 2.22. The van der Waals surface area contributed by atoms with Gasteiger partial charge in [-0.05, 0) is 116 Å². The summed E-state index contributed by atoms with van der Waals surface area (Å²) in [5.41, 5.74) is 0. The van der Waals surface area contributed by atoms with E-state index in [1.807, 2.05) is 21.1 Å². The lowest BCUT2D eigenvalue weighted by Crippen LogP contribution is -2.44. The van der Waals surface area contributed by atoms with Crippen molar-refractivity contribution in [2.45, 2.75) is 322 Å². The number of carboxylic acids is 1. The second-order valence-corrected chi connectivity index (χ2v) is 25.9. The van der Waals surface area contributed by atoms with E-state index in [0.29, 0.717) is 17.4 Å². The molecule has 2 atom stereocenters. The number of aliphatic carboxylic acids is 1. The molecule has 0 heterocycles. The van der Waals surface area contributed by atoms with Crippen LogP contribution in [-0.2, 0) is 33.3 Å². The molecule has 0 aliphatic heterocycles. The molecule has 0 saturated carbocycles. The molecule has 0 rings (SSSR count). The number of hydrogen-bond acceptors (Lipinski definition) is 8. The van der Waals surface area contributed by atoms with Crippen molar-refractivity contribution in [3.05, 3.63) is 134 Å². The Morgan fingerprint density at radius 2 is 0.626 bits per heavy atom. The number of carbonyl (C=O) groups excluding carboxylic acids is 3. The van der Waals surface area contributed by atoms with Gasteiger partial charge in [0.15, 0.2) is 12.4 Å². The van der Waals surface area contributed by atoms with Gasteiger partial charge in [-0.25, -0.2) is 0 Å². The van der Waals surface area contributed by atoms with Crippen LogP contribution in [-0.4, -0.2) is 82.3 Å². The van der Waals surface area contributed by atoms with E-state index in [0.717, 1.165) is 109 Å². The van der Waals surface area contributed by atoms with Crippen LogP contribution >= 0.6 is 0 Å². The Hall–Kier alpha value is -4.57. The predicted molar refractivity (Wildman–Crippen MR) is 389 cm³/mol. The van der Waals surface area contributed by atoms with Crippen LogP contribution in [0, 0.1) is 0 Å². The number of carbonyl (C=O) groups is 3. The number of ether oxygens (including phenoxy) is 4. The summed E-state index contributed by atoms with van der Waals surface area (Å²) in [6.45, 7) is 4.64. The van der Waals surface area contributed by atoms with Crippen molar-refractivity contribution in [3.8, 4) is 0 Å². The Morgan fingerprint density at radius 1 is 0.341 bits per heavy atom. The van der Waals surface area contributed by atoms with Crippen molar-refractivity contribution in [1.29, 1.82) is 0 Å². The van der Waals surface area contributed by atoms with Gasteiger partial charge in [-0.3, -0.25) is 9.59 Å². The molecule has 2 unspecified atom stereocenters. The second kappa shape index (κ2) is 71.3. The smallest absolute Gasteiger partial charge is 0.306 e. The number of allylic oxidation sites excluding steroid dienone is 22. The summed E-state index contributed by atoms with van der Waals surface area (Å²) in [4.78, 5) is 37.5. The number of nitrogens with zero attached hydrogens (tertiary/aromatic N) is 1. The summed E-state index contributed by atoms with van der Waals surface area (Å²) in [7, 11) is 5.93. The lowest BCUT2D eigenvalue weighted by Gasteiger charge is -2.26. The van der Waals surface area contributed by atoms with Gasteiger partial charge in [0.05, 0.1) is 40.3 Å². The van der Waals surface area contributed by atoms with Crippen LogP contribution in [0.25, 0.3) is 0 Å². The highest BCUT2D eigenvalue weighted by molar-refractivity contribution is 5.70. The average Bonchev–Trinajstić information content (AvgIpc) is 3.46. The number of unbranched alkanes of at least 4 members (excludes halogenated alkanes) is 31. The number of esters is 2. The van der Waals surface area contributed by atoms with Crippen LogP contribution in [0.3, 0.4) is 0 Å². The zero-order chi connectivity index (χ0) is 66.1. The fourth-order valence-electron chi connectivity index (χ4n) is 10.2. The monoisotopic (exact) mass is 1270 g/mol. The van der Waals surface area contributed by atoms with Crippen molar-refractivity contribution in [2.75, 3.05) is 47.5 Å². The molecule has 91 heavy (non-hydrogen) atoms. The summed E-state index contributed by atoms with van der Waals surface area (Å²) in [6, 6.07) is 0. The SMILES string of the molecule is CC/C=C\C/C=C\C/C=C\C/C=C\C/C=C\C/C=C\C/C=C\C/C=C\C/C=C\C/C=C\CCCCCCCCCCC(=O)OC(COC(=O)CCCCCCCCCCCCCCCCC/C=C\CCCCCCCCCC)COC(OCC[N+](C)(C)C)C(=O)[O-]. The summed E-state index contributed by atoms with van der Waals surface area (Å²) in [5.74, 6) is -2.29. The number of likely N-dealkylation sites (N-methyl/N-ethyl adjacent to an activating group) is 1. The van der Waals surface area contributed by atoms with Gasteiger partial charge in [-0.1, -0.05) is 314 Å². The molecule has 0 fully saturated rings. The number of quaternary nitrogens is 1. The molecule has 0 amide bonds. The molecule has 9 nitrogen and oxygen atoms in total. The molecular formula is C82H139NO8. The van der Waals surface area contributed by atoms with Crippen molar-refractivity contribution in [1.82, 2.24) is 0 Å². The van der Waals surface area contributed by atoms with Crippen LogP contribution in [0.15, 0.2) is 134 Å². The molecular weight excluding hydrogens is 1130 g/mol. The lowest BCUT2D eigenvalue weighted by atomic mass is 10.0. The van der Waals surface area contributed by atoms with Crippen LogP contribution < -0.4 is 5.11 Å². The van der Waals surface area contributed by atoms with E-state index < -0.39 is 24.3 Å². The molecule has 0 aromatic carbocycles. The summed E-state index contributed by atoms with van der Waals surface area (Å²) < 4.78 is 22.8. The molecule has 9 heteroatoms. The van der Waals surface area contributed by atoms with Gasteiger partial charge < -0.3 is 33.3 Å². The molecule has 0 aromatic heterocycles. The first-order valence-corrected chi connectivity index (χ1v) is 37.3. The molecule has 0 radical (unpaired) electrons. The summed E-state index contributed by atoms with van der Waals surface area (Å²) >= 11 is 0. The van der Waals surface area contributed by atoms with E-state index in [1.165, 1.54) is 167 Å². The Morgan fingerprint density at radius 3 is 0.945 bits per heavy atom. The van der Waals surface area contributed by atoms with Gasteiger partial charge in [-0.15, -0.1) is 0 Å². The summed E-state index contributed by atoms with van der Waals surface area (Å²) in [5, 5.41) is 11.8. The van der Waals surface area contributed by atoms with Gasteiger partial charge in [0.2, 0.25) is 0 Å². The van der Waals surface area contributed by atoms with Crippen molar-refractivity contribution in [3.63, 3.8) is 0 Å². The first-order chi connectivity index (χ1) is 44.6. The van der Waals surface area contributed by atoms with Crippen LogP contribution in [0.1, 0.15) is 309 Å². The fourth-order valence-corrected chi connectivity index (χ4v) is 10.2. The van der Waals surface area contributed by atoms with Gasteiger partial charge in [0.25, 0.3) is 0 Å². The standard InChI is InChI=1S/C82H139NO8/c1-6-8-10-12-14-16-18-20-22-24-26-28-30-32-34-35-36-37-38-39-40-41-42-43-44-45-47-49-51-53-55-57-59-61-63-65-67-69-71-73-80(85)91-78(77-90-82(81(86)87)88-75-74-83(3,4)5)76-89-79(84)72-70-68-66-64-62-60-58-56-54-52-50-48-46-33-31-29-27-25-23-21-19-17-15-13-11-9-7-2/h8,10,14,16,20,22,25-28,32,34,36-37,39-40,42-43,45,47,51,53,78,82H,6-7,9,11-13,15,17-19,21,23-24,29-31,33,35,38,41,44,46,48-50,52,54-77H2,1-5H3/b10-8-,16-14-,22-20-,27-25-,28-26-,34-32-,37-36-,40-39-,43-42-,47-45-,53-51-. The molecule has 0 saturated heterocycles. The average molecular weight is 1270 g/mol. The summed E-state index contributed by atoms with van der Waals surface area (Å²) in [6.07, 6.45) is 99.7. The first kappa shape index (κ1) is 86.4. The van der Waals surface area contributed by atoms with Crippen LogP contribution in [0.4, 0.5) is 0 Å². The van der Waals surface area contributed by atoms with Crippen LogP contribution in [0.5, 0.6) is 0 Å².